The van der Waals surface area contributed by atoms with Crippen molar-refractivity contribution in [2.24, 2.45) is 0 Å². The van der Waals surface area contributed by atoms with E-state index >= 15 is 0 Å². The first kappa shape index (κ1) is 24.5. The summed E-state index contributed by atoms with van der Waals surface area (Å²) < 4.78 is 43.0. The fourth-order valence-electron chi connectivity index (χ4n) is 2.97. The van der Waals surface area contributed by atoms with Gasteiger partial charge >= 0.3 is 5.51 Å². The lowest BCUT2D eigenvalue weighted by Crippen LogP contribution is -2.07. The predicted molar refractivity (Wildman–Crippen MR) is 131 cm³/mol. The van der Waals surface area contributed by atoms with Crippen LogP contribution in [0.4, 0.5) is 13.2 Å². The summed E-state index contributed by atoms with van der Waals surface area (Å²) in [6, 6.07) is 19.4. The molecule has 31 heavy (non-hydrogen) atoms. The van der Waals surface area contributed by atoms with Gasteiger partial charge in [-0.2, -0.15) is 13.2 Å². The first-order chi connectivity index (χ1) is 14.8. The van der Waals surface area contributed by atoms with Crippen LogP contribution in [0.5, 0.6) is 5.75 Å². The number of alkyl halides is 3. The number of rotatable bonds is 5. The molecule has 0 heterocycles. The molecule has 5 heteroatoms. The molecule has 0 fully saturated rings. The molecule has 164 valence electrons. The van der Waals surface area contributed by atoms with Crippen molar-refractivity contribution in [3.05, 3.63) is 89.5 Å². The maximum Gasteiger partial charge on any atom is 0.470 e. The van der Waals surface area contributed by atoms with Crippen LogP contribution in [0.25, 0.3) is 22.4 Å². The average Bonchev–Trinajstić information content (AvgIpc) is 2.75. The van der Waals surface area contributed by atoms with Gasteiger partial charge in [0, 0.05) is 0 Å². The van der Waals surface area contributed by atoms with Crippen LogP contribution >= 0.6 is 10.8 Å². The summed E-state index contributed by atoms with van der Waals surface area (Å²) in [6.07, 6.45) is 6.01. The molecule has 3 rings (SSSR count). The van der Waals surface area contributed by atoms with Crippen molar-refractivity contribution in [2.75, 3.05) is 0 Å². The summed E-state index contributed by atoms with van der Waals surface area (Å²) in [5.74, 6) is 3.21. The Hall–Kier alpha value is -2.79. The van der Waals surface area contributed by atoms with Crippen LogP contribution in [0.2, 0.25) is 0 Å². The molecule has 0 saturated heterocycles. The number of halogens is 3. The lowest BCUT2D eigenvalue weighted by molar-refractivity contribution is -0.0376. The van der Waals surface area contributed by atoms with Crippen molar-refractivity contribution < 1.29 is 17.4 Å². The Kier molecular flexibility index (Phi) is 8.69. The number of allylic oxidation sites excluding steroid dienone is 3. The standard InChI is InChI=1S/C24H21F3OS.C2H6/c1-4-7-20(22-11-10-18-8-5-6-9-21(18)16-22)15-19-12-13-23(14-17(19)2)28-29(3)24(25,26)27;1-2/h4-16H,3H2,1-2H3;1-2H3/b7-4-,20-15+;. The number of hydrogen-bond donors (Lipinski definition) is 0. The minimum atomic E-state index is -4.47. The van der Waals surface area contributed by atoms with Crippen LogP contribution in [0.1, 0.15) is 37.5 Å². The van der Waals surface area contributed by atoms with Gasteiger partial charge in [-0.05, 0) is 77.0 Å². The Morgan fingerprint density at radius 2 is 1.65 bits per heavy atom. The third-order valence-corrected chi connectivity index (χ3v) is 5.35. The molecule has 1 atom stereocenters. The van der Waals surface area contributed by atoms with Crippen LogP contribution in [-0.2, 0) is 0 Å². The van der Waals surface area contributed by atoms with E-state index in [-0.39, 0.29) is 5.75 Å². The highest BCUT2D eigenvalue weighted by Gasteiger charge is 2.33. The van der Waals surface area contributed by atoms with Crippen molar-refractivity contribution in [1.29, 1.82) is 0 Å². The second-order valence-corrected chi connectivity index (χ2v) is 7.88. The van der Waals surface area contributed by atoms with E-state index in [0.717, 1.165) is 27.6 Å². The molecular weight excluding hydrogens is 417 g/mol. The molecule has 1 unspecified atom stereocenters. The Morgan fingerprint density at radius 3 is 2.26 bits per heavy atom. The van der Waals surface area contributed by atoms with Crippen molar-refractivity contribution in [1.82, 2.24) is 0 Å². The van der Waals surface area contributed by atoms with Crippen LogP contribution in [0, 0.1) is 6.92 Å². The number of benzene rings is 3. The van der Waals surface area contributed by atoms with E-state index in [1.807, 2.05) is 58.1 Å². The molecule has 0 aliphatic carbocycles. The minimum Gasteiger partial charge on any atom is -0.426 e. The van der Waals surface area contributed by atoms with Gasteiger partial charge in [0.15, 0.2) is 0 Å². The molecule has 0 amide bonds. The highest BCUT2D eigenvalue weighted by Crippen LogP contribution is 2.38. The second kappa shape index (κ2) is 11.0. The highest BCUT2D eigenvalue weighted by atomic mass is 32.2. The van der Waals surface area contributed by atoms with Crippen molar-refractivity contribution in [2.45, 2.75) is 33.2 Å². The maximum atomic E-state index is 12.7. The molecule has 1 nitrogen and oxygen atoms in total. The summed E-state index contributed by atoms with van der Waals surface area (Å²) in [5, 5.41) is 2.32. The predicted octanol–water partition coefficient (Wildman–Crippen LogP) is 8.81. The molecule has 0 aromatic heterocycles. The van der Waals surface area contributed by atoms with Gasteiger partial charge < -0.3 is 4.18 Å². The molecule has 0 aliphatic rings. The molecule has 0 aliphatic heterocycles. The van der Waals surface area contributed by atoms with Crippen molar-refractivity contribution in [3.8, 4) is 5.75 Å². The molecule has 3 aromatic rings. The zero-order chi connectivity index (χ0) is 23.0. The SMILES string of the molecule is C=S(Oc1ccc(/C=C(\C=C/C)c2ccc3ccccc3c2)c(C)c1)C(F)(F)F.CC. The van der Waals surface area contributed by atoms with Gasteiger partial charge in [0.2, 0.25) is 0 Å². The van der Waals surface area contributed by atoms with E-state index in [1.165, 1.54) is 5.39 Å². The molecular formula is C26H27F3OS. The van der Waals surface area contributed by atoms with E-state index in [9.17, 15) is 13.2 Å². The largest absolute Gasteiger partial charge is 0.470 e. The number of hydrogen-bond acceptors (Lipinski definition) is 1. The van der Waals surface area contributed by atoms with Gasteiger partial charge in [-0.15, -0.1) is 0 Å². The van der Waals surface area contributed by atoms with E-state index in [2.05, 4.69) is 36.2 Å². The Balaban J connectivity index is 0.00000166. The third-order valence-electron chi connectivity index (χ3n) is 4.44. The lowest BCUT2D eigenvalue weighted by Gasteiger charge is -2.14. The smallest absolute Gasteiger partial charge is 0.426 e. The zero-order valence-corrected chi connectivity index (χ0v) is 19.0. The normalized spacial score (nSPS) is 13.1. The molecule has 0 spiro atoms. The number of aryl methyl sites for hydroxylation is 1. The van der Waals surface area contributed by atoms with Crippen LogP contribution in [0.3, 0.4) is 0 Å². The molecule has 0 saturated carbocycles. The van der Waals surface area contributed by atoms with E-state index in [1.54, 1.807) is 18.2 Å². The van der Waals surface area contributed by atoms with Crippen molar-refractivity contribution >= 4 is 39.1 Å². The van der Waals surface area contributed by atoms with Crippen LogP contribution in [0.15, 0.2) is 72.8 Å². The van der Waals surface area contributed by atoms with Crippen LogP contribution < -0.4 is 4.18 Å². The van der Waals surface area contributed by atoms with Crippen LogP contribution in [-0.4, -0.2) is 11.4 Å². The Morgan fingerprint density at radius 1 is 0.968 bits per heavy atom. The van der Waals surface area contributed by atoms with E-state index in [4.69, 9.17) is 4.18 Å². The summed E-state index contributed by atoms with van der Waals surface area (Å²) >= 11 is 0. The summed E-state index contributed by atoms with van der Waals surface area (Å²) in [6.45, 7) is 7.80. The summed E-state index contributed by atoms with van der Waals surface area (Å²) in [7, 11) is -2.39. The van der Waals surface area contributed by atoms with Crippen molar-refractivity contribution in [3.63, 3.8) is 0 Å². The van der Waals surface area contributed by atoms with Gasteiger partial charge in [-0.1, -0.05) is 68.5 Å². The topological polar surface area (TPSA) is 9.23 Å². The second-order valence-electron chi connectivity index (χ2n) is 6.55. The number of fused-ring (bicyclic) bond motifs is 1. The minimum absolute atomic E-state index is 0.161. The highest BCUT2D eigenvalue weighted by molar-refractivity contribution is 8.11. The van der Waals surface area contributed by atoms with E-state index in [0.29, 0.717) is 0 Å². The quantitative estimate of drug-likeness (QED) is 0.217. The van der Waals surface area contributed by atoms with Gasteiger partial charge in [-0.25, -0.2) is 0 Å². The van der Waals surface area contributed by atoms with Gasteiger partial charge in [0.1, 0.15) is 5.75 Å². The third kappa shape index (κ3) is 6.59. The van der Waals surface area contributed by atoms with E-state index < -0.39 is 16.3 Å². The molecule has 0 bridgehead atoms. The first-order valence-electron chi connectivity index (χ1n) is 10.0. The molecule has 0 radical (unpaired) electrons. The fourth-order valence-corrected chi connectivity index (χ4v) is 3.40. The fraction of sp³-hybridized carbons (Fsp3) is 0.192. The Bertz CT molecular complexity index is 1110. The maximum absolute atomic E-state index is 12.7. The Labute approximate surface area is 185 Å². The monoisotopic (exact) mass is 444 g/mol. The molecule has 3 aromatic carbocycles. The lowest BCUT2D eigenvalue weighted by atomic mass is 9.97. The van der Waals surface area contributed by atoms with Gasteiger partial charge in [-0.3, -0.25) is 0 Å². The summed E-state index contributed by atoms with van der Waals surface area (Å²) in [4.78, 5) is 0. The van der Waals surface area contributed by atoms with Gasteiger partial charge in [0.05, 0.1) is 10.8 Å². The average molecular weight is 445 g/mol. The van der Waals surface area contributed by atoms with Gasteiger partial charge in [0.25, 0.3) is 0 Å². The zero-order valence-electron chi connectivity index (χ0n) is 18.2. The molecule has 0 N–H and O–H groups in total. The summed E-state index contributed by atoms with van der Waals surface area (Å²) in [5.41, 5.74) is -0.652. The first-order valence-corrected chi connectivity index (χ1v) is 11.3.